The second-order valence-corrected chi connectivity index (χ2v) is 4.11. The Morgan fingerprint density at radius 3 is 3.00 bits per heavy atom. The fourth-order valence-corrected chi connectivity index (χ4v) is 2.09. The van der Waals surface area contributed by atoms with E-state index in [4.69, 9.17) is 9.84 Å². The molecule has 0 aromatic carbocycles. The second kappa shape index (κ2) is 3.97. The van der Waals surface area contributed by atoms with Crippen molar-refractivity contribution in [2.75, 3.05) is 6.61 Å². The Bertz CT molecular complexity index is 170. The molecule has 1 heterocycles. The first-order valence-corrected chi connectivity index (χ1v) is 6.31. The predicted octanol–water partition coefficient (Wildman–Crippen LogP) is -0.165. The van der Waals surface area contributed by atoms with Gasteiger partial charge in [0, 0.05) is 12.1 Å². The number of ether oxygens (including phenoxy) is 1. The van der Waals surface area contributed by atoms with Gasteiger partial charge < -0.3 is 9.84 Å². The zero-order valence-corrected chi connectivity index (χ0v) is 8.55. The van der Waals surface area contributed by atoms with Gasteiger partial charge in [-0.2, -0.15) is 0 Å². The van der Waals surface area contributed by atoms with Gasteiger partial charge in [0.05, 0.1) is 6.61 Å². The average Bonchev–Trinajstić information content (AvgIpc) is 2.33. The molecule has 1 radical (unpaired) electrons. The van der Waals surface area contributed by atoms with Crippen LogP contribution in [0.25, 0.3) is 0 Å². The van der Waals surface area contributed by atoms with E-state index in [1.165, 1.54) is 5.57 Å². The Labute approximate surface area is 70.6 Å². The van der Waals surface area contributed by atoms with Crippen LogP contribution in [0.4, 0.5) is 0 Å². The van der Waals surface area contributed by atoms with E-state index in [-0.39, 0.29) is 22.1 Å². The van der Waals surface area contributed by atoms with Gasteiger partial charge in [0.2, 0.25) is 0 Å². The molecule has 0 saturated heterocycles. The van der Waals surface area contributed by atoms with Crippen LogP contribution in [-0.4, -0.2) is 34.1 Å². The lowest BCUT2D eigenvalue weighted by molar-refractivity contribution is 0.0900. The van der Waals surface area contributed by atoms with E-state index < -0.39 is 0 Å². The van der Waals surface area contributed by atoms with Crippen molar-refractivity contribution >= 4 is 16.3 Å². The van der Waals surface area contributed by atoms with E-state index in [9.17, 15) is 0 Å². The Kier molecular flexibility index (Phi) is 3.20. The van der Waals surface area contributed by atoms with Gasteiger partial charge in [0.25, 0.3) is 0 Å². The molecule has 0 saturated carbocycles. The first-order valence-electron chi connectivity index (χ1n) is 4.08. The summed E-state index contributed by atoms with van der Waals surface area (Å²) < 4.78 is 5.47. The Morgan fingerprint density at radius 1 is 1.82 bits per heavy atom. The molecule has 1 atom stereocenters. The number of aliphatic hydroxyl groups excluding tert-OH is 1. The van der Waals surface area contributed by atoms with Crippen LogP contribution < -0.4 is 0 Å². The van der Waals surface area contributed by atoms with E-state index in [1.54, 1.807) is 0 Å². The molecule has 0 bridgehead atoms. The highest BCUT2D eigenvalue weighted by atomic mass is 28.2. The first-order chi connectivity index (χ1) is 5.27. The van der Waals surface area contributed by atoms with Crippen molar-refractivity contribution in [3.05, 3.63) is 11.2 Å². The van der Waals surface area contributed by atoms with Crippen LogP contribution >= 0.6 is 0 Å². The SMILES string of the molecule is C[SiH2][B]C1=C(C)CC(CO)O1. The highest BCUT2D eigenvalue weighted by molar-refractivity contribution is 7.03. The lowest BCUT2D eigenvalue weighted by Gasteiger charge is -2.08. The van der Waals surface area contributed by atoms with Crippen LogP contribution in [-0.2, 0) is 4.74 Å². The lowest BCUT2D eigenvalue weighted by Crippen LogP contribution is -2.13. The molecule has 0 fully saturated rings. The number of hydrogen-bond acceptors (Lipinski definition) is 2. The van der Waals surface area contributed by atoms with Gasteiger partial charge >= 0.3 is 0 Å². The third-order valence-electron chi connectivity index (χ3n) is 1.84. The molecule has 0 aromatic heterocycles. The van der Waals surface area contributed by atoms with Crippen LogP contribution in [0.5, 0.6) is 0 Å². The minimum absolute atomic E-state index is 0.0294. The van der Waals surface area contributed by atoms with E-state index in [0.29, 0.717) is 0 Å². The first kappa shape index (κ1) is 8.87. The van der Waals surface area contributed by atoms with Crippen molar-refractivity contribution < 1.29 is 9.84 Å². The monoisotopic (exact) mass is 169 g/mol. The molecule has 61 valence electrons. The molecular formula is C7H14BO2Si. The maximum atomic E-state index is 8.82. The van der Waals surface area contributed by atoms with Crippen LogP contribution in [0.2, 0.25) is 6.55 Å². The summed E-state index contributed by atoms with van der Waals surface area (Å²) in [5.41, 5.74) is 2.33. The van der Waals surface area contributed by atoms with Crippen LogP contribution in [0.1, 0.15) is 13.3 Å². The fourth-order valence-electron chi connectivity index (χ4n) is 1.27. The zero-order chi connectivity index (χ0) is 8.27. The van der Waals surface area contributed by atoms with Crippen molar-refractivity contribution in [3.63, 3.8) is 0 Å². The van der Waals surface area contributed by atoms with Gasteiger partial charge in [-0.1, -0.05) is 6.55 Å². The van der Waals surface area contributed by atoms with E-state index in [0.717, 1.165) is 12.1 Å². The summed E-state index contributed by atoms with van der Waals surface area (Å²) in [6, 6.07) is 0. The van der Waals surface area contributed by atoms with Gasteiger partial charge in [-0.3, -0.25) is 0 Å². The van der Waals surface area contributed by atoms with Crippen molar-refractivity contribution in [2.24, 2.45) is 0 Å². The van der Waals surface area contributed by atoms with Crippen LogP contribution in [0, 0.1) is 0 Å². The topological polar surface area (TPSA) is 29.5 Å². The second-order valence-electron chi connectivity index (χ2n) is 2.88. The lowest BCUT2D eigenvalue weighted by atomic mass is 9.99. The number of rotatable bonds is 3. The molecule has 1 rings (SSSR count). The molecule has 11 heavy (non-hydrogen) atoms. The minimum Gasteiger partial charge on any atom is -0.503 e. The molecule has 1 aliphatic heterocycles. The molecule has 1 aliphatic rings. The maximum Gasteiger partial charge on any atom is 0.184 e. The summed E-state index contributed by atoms with van der Waals surface area (Å²) in [7, 11) is -0.0670. The standard InChI is InChI=1S/C7H14BO2Si/c1-5-3-6(4-9)10-7(5)8-11-2/h6,9H,3-4,11H2,1-2H3. The Hall–Kier alpha value is -0.218. The normalized spacial score (nSPS) is 24.8. The molecule has 2 nitrogen and oxygen atoms in total. The highest BCUT2D eigenvalue weighted by Crippen LogP contribution is 2.22. The molecular weight excluding hydrogens is 155 g/mol. The summed E-state index contributed by atoms with van der Waals surface area (Å²) in [6.07, 6.45) is 0.929. The molecule has 1 N–H and O–H groups in total. The molecule has 4 heteroatoms. The zero-order valence-electron chi connectivity index (χ0n) is 7.13. The summed E-state index contributed by atoms with van der Waals surface area (Å²) in [4.78, 5) is 0. The number of aliphatic hydroxyl groups is 1. The van der Waals surface area contributed by atoms with E-state index >= 15 is 0 Å². The Balaban J connectivity index is 2.45. The van der Waals surface area contributed by atoms with Crippen molar-refractivity contribution in [1.29, 1.82) is 0 Å². The van der Waals surface area contributed by atoms with Crippen LogP contribution in [0.3, 0.4) is 0 Å². The molecule has 0 spiro atoms. The van der Waals surface area contributed by atoms with Crippen molar-refractivity contribution in [3.8, 4) is 0 Å². The van der Waals surface area contributed by atoms with Crippen LogP contribution in [0.15, 0.2) is 11.2 Å². The van der Waals surface area contributed by atoms with Gasteiger partial charge in [0.15, 0.2) is 6.87 Å². The maximum absolute atomic E-state index is 8.82. The average molecular weight is 169 g/mol. The summed E-state index contributed by atoms with van der Waals surface area (Å²) in [6.45, 7) is 6.63. The van der Waals surface area contributed by atoms with Crippen molar-refractivity contribution in [2.45, 2.75) is 26.0 Å². The Morgan fingerprint density at radius 2 is 2.55 bits per heavy atom. The van der Waals surface area contributed by atoms with Crippen molar-refractivity contribution in [1.82, 2.24) is 0 Å². The van der Waals surface area contributed by atoms with Gasteiger partial charge in [-0.15, -0.1) is 0 Å². The summed E-state index contributed by atoms with van der Waals surface area (Å²) >= 11 is 0. The minimum atomic E-state index is -0.0670. The predicted molar refractivity (Wildman–Crippen MR) is 49.4 cm³/mol. The van der Waals surface area contributed by atoms with Gasteiger partial charge in [-0.05, 0) is 21.9 Å². The van der Waals surface area contributed by atoms with E-state index in [2.05, 4.69) is 20.3 Å². The smallest absolute Gasteiger partial charge is 0.184 e. The van der Waals surface area contributed by atoms with Gasteiger partial charge in [0.1, 0.15) is 6.10 Å². The third kappa shape index (κ3) is 2.10. The highest BCUT2D eigenvalue weighted by Gasteiger charge is 2.21. The molecule has 0 amide bonds. The third-order valence-corrected chi connectivity index (χ3v) is 2.62. The summed E-state index contributed by atoms with van der Waals surface area (Å²) in [5, 5.41) is 8.82. The quantitative estimate of drug-likeness (QED) is 0.594. The largest absolute Gasteiger partial charge is 0.503 e. The molecule has 1 unspecified atom stereocenters. The number of hydrogen-bond donors (Lipinski definition) is 1. The molecule has 0 aliphatic carbocycles. The molecule has 0 aromatic rings. The van der Waals surface area contributed by atoms with Gasteiger partial charge in [-0.25, -0.2) is 0 Å². The fraction of sp³-hybridized carbons (Fsp3) is 0.714. The summed E-state index contributed by atoms with van der Waals surface area (Å²) in [5.74, 6) is 0. The van der Waals surface area contributed by atoms with E-state index in [1.807, 2.05) is 0 Å².